The Labute approximate surface area is 113 Å². The molecule has 0 spiro atoms. The molecule has 3 rings (SSSR count). The van der Waals surface area contributed by atoms with E-state index < -0.39 is 0 Å². The van der Waals surface area contributed by atoms with Crippen molar-refractivity contribution in [3.8, 4) is 23.0 Å². The summed E-state index contributed by atoms with van der Waals surface area (Å²) in [5.41, 5.74) is 8.59. The predicted molar refractivity (Wildman–Crippen MR) is 73.7 cm³/mol. The topological polar surface area (TPSA) is 82.8 Å². The van der Waals surface area contributed by atoms with Gasteiger partial charge in [0.25, 0.3) is 5.89 Å². The van der Waals surface area contributed by atoms with Crippen molar-refractivity contribution >= 4 is 16.3 Å². The summed E-state index contributed by atoms with van der Waals surface area (Å²) in [4.78, 5) is 5.53. The van der Waals surface area contributed by atoms with Crippen molar-refractivity contribution in [2.75, 3.05) is 5.73 Å². The molecular formula is C12H13N5OS. The summed E-state index contributed by atoms with van der Waals surface area (Å²) in [5.74, 6) is 0.915. The molecule has 98 valence electrons. The second-order valence-corrected chi connectivity index (χ2v) is 5.58. The molecule has 0 amide bonds. The average molecular weight is 275 g/mol. The summed E-state index contributed by atoms with van der Waals surface area (Å²) in [5, 5.41) is 8.90. The Hall–Kier alpha value is -2.15. The number of rotatable bonds is 2. The van der Waals surface area contributed by atoms with Crippen molar-refractivity contribution in [1.82, 2.24) is 19.9 Å². The van der Waals surface area contributed by atoms with Gasteiger partial charge in [-0.1, -0.05) is 5.16 Å². The number of aromatic nitrogens is 4. The molecule has 0 aliphatic rings. The first-order valence-corrected chi connectivity index (χ1v) is 6.57. The zero-order valence-electron chi connectivity index (χ0n) is 10.8. The van der Waals surface area contributed by atoms with Crippen LogP contribution in [-0.2, 0) is 7.05 Å². The molecule has 19 heavy (non-hydrogen) atoms. The van der Waals surface area contributed by atoms with Gasteiger partial charge in [0, 0.05) is 18.1 Å². The summed E-state index contributed by atoms with van der Waals surface area (Å²) >= 11 is 1.53. The van der Waals surface area contributed by atoms with Crippen molar-refractivity contribution < 1.29 is 4.52 Å². The highest BCUT2D eigenvalue weighted by Crippen LogP contribution is 2.37. The van der Waals surface area contributed by atoms with E-state index in [0.29, 0.717) is 22.4 Å². The molecule has 0 unspecified atom stereocenters. The average Bonchev–Trinajstić information content (AvgIpc) is 3.02. The molecule has 0 fully saturated rings. The molecule has 0 radical (unpaired) electrons. The molecule has 0 saturated carbocycles. The summed E-state index contributed by atoms with van der Waals surface area (Å²) in [6.45, 7) is 4.03. The minimum absolute atomic E-state index is 0.444. The van der Waals surface area contributed by atoms with Crippen molar-refractivity contribution in [3.63, 3.8) is 0 Å². The van der Waals surface area contributed by atoms with Gasteiger partial charge in [-0.05, 0) is 25.5 Å². The van der Waals surface area contributed by atoms with Gasteiger partial charge in [-0.15, -0.1) is 11.3 Å². The monoisotopic (exact) mass is 275 g/mol. The van der Waals surface area contributed by atoms with Gasteiger partial charge in [0.2, 0.25) is 5.82 Å². The van der Waals surface area contributed by atoms with E-state index in [0.717, 1.165) is 16.0 Å². The Bertz CT molecular complexity index is 739. The zero-order valence-corrected chi connectivity index (χ0v) is 11.7. The van der Waals surface area contributed by atoms with Crippen LogP contribution in [0.2, 0.25) is 0 Å². The Morgan fingerprint density at radius 1 is 1.37 bits per heavy atom. The third-order valence-corrected chi connectivity index (χ3v) is 4.03. The number of nitrogen functional groups attached to an aromatic ring is 1. The van der Waals surface area contributed by atoms with E-state index in [-0.39, 0.29) is 0 Å². The number of hydrogen-bond donors (Lipinski definition) is 1. The first-order valence-electron chi connectivity index (χ1n) is 5.76. The highest BCUT2D eigenvalue weighted by atomic mass is 32.1. The van der Waals surface area contributed by atoms with E-state index in [9.17, 15) is 0 Å². The quantitative estimate of drug-likeness (QED) is 0.776. The molecule has 0 bridgehead atoms. The van der Waals surface area contributed by atoms with E-state index in [2.05, 4.69) is 15.2 Å². The number of hydrogen-bond acceptors (Lipinski definition) is 6. The molecular weight excluding hydrogens is 262 g/mol. The Balaban J connectivity index is 2.06. The molecule has 0 saturated heterocycles. The van der Waals surface area contributed by atoms with Crippen LogP contribution in [0.1, 0.15) is 10.4 Å². The van der Waals surface area contributed by atoms with Crippen LogP contribution < -0.4 is 5.73 Å². The maximum absolute atomic E-state index is 6.00. The van der Waals surface area contributed by atoms with Gasteiger partial charge in [-0.3, -0.25) is 4.68 Å². The van der Waals surface area contributed by atoms with Crippen molar-refractivity contribution in [2.24, 2.45) is 7.05 Å². The van der Waals surface area contributed by atoms with Crippen molar-refractivity contribution in [1.29, 1.82) is 0 Å². The van der Waals surface area contributed by atoms with E-state index >= 15 is 0 Å². The first kappa shape index (κ1) is 11.9. The van der Waals surface area contributed by atoms with Gasteiger partial charge in [0.1, 0.15) is 5.69 Å². The standard InChI is InChI=1S/C12H13N5OS/c1-6-7(2)19-10(13)9(6)12-14-11(16-18-12)8-4-5-17(3)15-8/h4-5H,13H2,1-3H3. The molecule has 0 aliphatic heterocycles. The molecule has 7 heteroatoms. The highest BCUT2D eigenvalue weighted by molar-refractivity contribution is 7.16. The van der Waals surface area contributed by atoms with Crippen molar-refractivity contribution in [2.45, 2.75) is 13.8 Å². The van der Waals surface area contributed by atoms with Crippen LogP contribution in [0.15, 0.2) is 16.8 Å². The van der Waals surface area contributed by atoms with Crippen LogP contribution >= 0.6 is 11.3 Å². The van der Waals surface area contributed by atoms with Gasteiger partial charge < -0.3 is 10.3 Å². The number of nitrogens with zero attached hydrogens (tertiary/aromatic N) is 4. The van der Waals surface area contributed by atoms with Crippen LogP contribution in [0.25, 0.3) is 23.0 Å². The third-order valence-electron chi connectivity index (χ3n) is 3.00. The van der Waals surface area contributed by atoms with Crippen LogP contribution in [0, 0.1) is 13.8 Å². The fraction of sp³-hybridized carbons (Fsp3) is 0.250. The zero-order chi connectivity index (χ0) is 13.6. The lowest BCUT2D eigenvalue weighted by Gasteiger charge is -1.94. The predicted octanol–water partition coefficient (Wildman–Crippen LogP) is 2.40. The lowest BCUT2D eigenvalue weighted by atomic mass is 10.1. The molecule has 0 aliphatic carbocycles. The summed E-state index contributed by atoms with van der Waals surface area (Å²) in [6, 6.07) is 1.84. The normalized spacial score (nSPS) is 11.1. The maximum Gasteiger partial charge on any atom is 0.261 e. The van der Waals surface area contributed by atoms with Gasteiger partial charge in [0.15, 0.2) is 0 Å². The lowest BCUT2D eigenvalue weighted by Crippen LogP contribution is -1.89. The fourth-order valence-electron chi connectivity index (χ4n) is 1.88. The Morgan fingerprint density at radius 3 is 2.74 bits per heavy atom. The molecule has 0 aromatic carbocycles. The number of thiophene rings is 1. The molecule has 3 aromatic heterocycles. The van der Waals surface area contributed by atoms with Gasteiger partial charge in [-0.25, -0.2) is 0 Å². The minimum atomic E-state index is 0.444. The lowest BCUT2D eigenvalue weighted by molar-refractivity contribution is 0.432. The molecule has 0 atom stereocenters. The molecule has 3 heterocycles. The van der Waals surface area contributed by atoms with Gasteiger partial charge in [-0.2, -0.15) is 10.1 Å². The summed E-state index contributed by atoms with van der Waals surface area (Å²) in [7, 11) is 1.84. The smallest absolute Gasteiger partial charge is 0.261 e. The van der Waals surface area contributed by atoms with Gasteiger partial charge in [0.05, 0.1) is 10.6 Å². The van der Waals surface area contributed by atoms with E-state index in [1.165, 1.54) is 11.3 Å². The third kappa shape index (κ3) is 1.91. The summed E-state index contributed by atoms with van der Waals surface area (Å²) in [6.07, 6.45) is 1.83. The molecule has 3 aromatic rings. The fourth-order valence-corrected chi connectivity index (χ4v) is 2.81. The SMILES string of the molecule is Cc1sc(N)c(-c2nc(-c3ccn(C)n3)no2)c1C. The van der Waals surface area contributed by atoms with Crippen LogP contribution in [0.3, 0.4) is 0 Å². The number of nitrogens with two attached hydrogens (primary N) is 1. The second-order valence-electron chi connectivity index (χ2n) is 4.32. The number of aryl methyl sites for hydroxylation is 2. The largest absolute Gasteiger partial charge is 0.390 e. The van der Waals surface area contributed by atoms with Gasteiger partial charge >= 0.3 is 0 Å². The van der Waals surface area contributed by atoms with Crippen LogP contribution in [0.4, 0.5) is 5.00 Å². The van der Waals surface area contributed by atoms with Crippen LogP contribution in [-0.4, -0.2) is 19.9 Å². The van der Waals surface area contributed by atoms with E-state index in [1.54, 1.807) is 4.68 Å². The number of anilines is 1. The highest BCUT2D eigenvalue weighted by Gasteiger charge is 2.19. The molecule has 6 nitrogen and oxygen atoms in total. The summed E-state index contributed by atoms with van der Waals surface area (Å²) < 4.78 is 7.00. The Kier molecular flexibility index (Phi) is 2.63. The van der Waals surface area contributed by atoms with Crippen molar-refractivity contribution in [3.05, 3.63) is 22.7 Å². The second kappa shape index (κ2) is 4.20. The van der Waals surface area contributed by atoms with Crippen LogP contribution in [0.5, 0.6) is 0 Å². The minimum Gasteiger partial charge on any atom is -0.390 e. The Morgan fingerprint density at radius 2 is 2.16 bits per heavy atom. The van der Waals surface area contributed by atoms with E-state index in [1.807, 2.05) is 33.2 Å². The maximum atomic E-state index is 6.00. The first-order chi connectivity index (χ1) is 9.06. The van der Waals surface area contributed by atoms with E-state index in [4.69, 9.17) is 10.3 Å². The molecule has 2 N–H and O–H groups in total.